The minimum atomic E-state index is 0.117. The van der Waals surface area contributed by atoms with Crippen molar-refractivity contribution in [2.45, 2.75) is 65.8 Å². The van der Waals surface area contributed by atoms with E-state index in [0.29, 0.717) is 12.5 Å². The summed E-state index contributed by atoms with van der Waals surface area (Å²) >= 11 is 0. The molecule has 122 valence electrons. The van der Waals surface area contributed by atoms with Crippen LogP contribution in [0.2, 0.25) is 0 Å². The molecule has 1 N–H and O–H groups in total. The Kier molecular flexibility index (Phi) is 6.34. The Balaban J connectivity index is 1.88. The zero-order valence-corrected chi connectivity index (χ0v) is 14.1. The van der Waals surface area contributed by atoms with E-state index in [2.05, 4.69) is 29.1 Å². The highest BCUT2D eigenvalue weighted by atomic mass is 16.1. The van der Waals surface area contributed by atoms with Gasteiger partial charge in [0.1, 0.15) is 5.82 Å². The van der Waals surface area contributed by atoms with E-state index < -0.39 is 0 Å². The van der Waals surface area contributed by atoms with Gasteiger partial charge in [-0.05, 0) is 31.2 Å². The first-order valence-corrected chi connectivity index (χ1v) is 8.62. The molecule has 1 fully saturated rings. The van der Waals surface area contributed by atoms with Gasteiger partial charge in [-0.25, -0.2) is 9.97 Å². The maximum atomic E-state index is 12.6. The first kappa shape index (κ1) is 16.9. The molecule has 0 radical (unpaired) electrons. The van der Waals surface area contributed by atoms with E-state index in [-0.39, 0.29) is 11.8 Å². The SMILES string of the molecule is Cc1nccc(CNC(=O)[C@@H](CC2CCCCC2)C(C)C)n1. The molecule has 0 aliphatic heterocycles. The van der Waals surface area contributed by atoms with Gasteiger partial charge >= 0.3 is 0 Å². The predicted molar refractivity (Wildman–Crippen MR) is 88.1 cm³/mol. The van der Waals surface area contributed by atoms with Gasteiger partial charge in [0.25, 0.3) is 0 Å². The zero-order valence-electron chi connectivity index (χ0n) is 14.1. The Hall–Kier alpha value is -1.45. The molecule has 1 aromatic rings. The van der Waals surface area contributed by atoms with Crippen LogP contribution >= 0.6 is 0 Å². The number of nitrogens with one attached hydrogen (secondary N) is 1. The molecule has 1 atom stereocenters. The monoisotopic (exact) mass is 303 g/mol. The van der Waals surface area contributed by atoms with E-state index in [9.17, 15) is 4.79 Å². The molecule has 0 bridgehead atoms. The topological polar surface area (TPSA) is 54.9 Å². The molecule has 1 aliphatic carbocycles. The van der Waals surface area contributed by atoms with Crippen molar-refractivity contribution >= 4 is 5.91 Å². The van der Waals surface area contributed by atoms with Crippen molar-refractivity contribution < 1.29 is 4.79 Å². The quantitative estimate of drug-likeness (QED) is 0.873. The van der Waals surface area contributed by atoms with Gasteiger partial charge in [-0.15, -0.1) is 0 Å². The Morgan fingerprint density at radius 1 is 1.32 bits per heavy atom. The molecule has 1 aromatic heterocycles. The smallest absolute Gasteiger partial charge is 0.223 e. The van der Waals surface area contributed by atoms with Crippen molar-refractivity contribution in [1.82, 2.24) is 15.3 Å². The number of aryl methyl sites for hydroxylation is 1. The van der Waals surface area contributed by atoms with E-state index in [1.54, 1.807) is 6.20 Å². The minimum absolute atomic E-state index is 0.117. The van der Waals surface area contributed by atoms with Crippen molar-refractivity contribution in [2.24, 2.45) is 17.8 Å². The standard InChI is InChI=1S/C18H29N3O/c1-13(2)17(11-15-7-5-4-6-8-15)18(22)20-12-16-9-10-19-14(3)21-16/h9-10,13,15,17H,4-8,11-12H2,1-3H3,(H,20,22)/t17-/m0/s1. The van der Waals surface area contributed by atoms with E-state index in [4.69, 9.17) is 0 Å². The number of amides is 1. The molecule has 1 saturated carbocycles. The molecular weight excluding hydrogens is 274 g/mol. The van der Waals surface area contributed by atoms with Crippen molar-refractivity contribution in [3.8, 4) is 0 Å². The zero-order chi connectivity index (χ0) is 15.9. The van der Waals surface area contributed by atoms with Gasteiger partial charge in [0, 0.05) is 12.1 Å². The average molecular weight is 303 g/mol. The molecule has 4 heteroatoms. The number of nitrogens with zero attached hydrogens (tertiary/aromatic N) is 2. The van der Waals surface area contributed by atoms with Gasteiger partial charge in [-0.1, -0.05) is 46.0 Å². The van der Waals surface area contributed by atoms with Crippen LogP contribution in [-0.4, -0.2) is 15.9 Å². The normalized spacial score (nSPS) is 17.5. The van der Waals surface area contributed by atoms with Gasteiger partial charge in [0.05, 0.1) is 12.2 Å². The van der Waals surface area contributed by atoms with Crippen LogP contribution in [0.15, 0.2) is 12.3 Å². The fourth-order valence-corrected chi connectivity index (χ4v) is 3.38. The third-order valence-corrected chi connectivity index (χ3v) is 4.73. The summed E-state index contributed by atoms with van der Waals surface area (Å²) in [5.74, 6) is 2.15. The summed E-state index contributed by atoms with van der Waals surface area (Å²) in [4.78, 5) is 21.0. The number of hydrogen-bond donors (Lipinski definition) is 1. The molecule has 0 saturated heterocycles. The maximum Gasteiger partial charge on any atom is 0.223 e. The molecule has 1 aliphatic rings. The third kappa shape index (κ3) is 5.08. The van der Waals surface area contributed by atoms with Crippen LogP contribution in [0.5, 0.6) is 0 Å². The van der Waals surface area contributed by atoms with Crippen molar-refractivity contribution in [1.29, 1.82) is 0 Å². The second-order valence-corrected chi connectivity index (χ2v) is 6.90. The maximum absolute atomic E-state index is 12.6. The summed E-state index contributed by atoms with van der Waals surface area (Å²) in [6, 6.07) is 1.86. The lowest BCUT2D eigenvalue weighted by atomic mass is 9.79. The van der Waals surface area contributed by atoms with E-state index >= 15 is 0 Å². The third-order valence-electron chi connectivity index (χ3n) is 4.73. The number of rotatable bonds is 6. The fourth-order valence-electron chi connectivity index (χ4n) is 3.38. The average Bonchev–Trinajstić information content (AvgIpc) is 2.51. The molecular formula is C18H29N3O. The summed E-state index contributed by atoms with van der Waals surface area (Å²) in [7, 11) is 0. The molecule has 4 nitrogen and oxygen atoms in total. The minimum Gasteiger partial charge on any atom is -0.350 e. The second-order valence-electron chi connectivity index (χ2n) is 6.90. The fraction of sp³-hybridized carbons (Fsp3) is 0.722. The van der Waals surface area contributed by atoms with Crippen LogP contribution < -0.4 is 5.32 Å². The van der Waals surface area contributed by atoms with E-state index in [0.717, 1.165) is 23.9 Å². The molecule has 22 heavy (non-hydrogen) atoms. The van der Waals surface area contributed by atoms with Crippen LogP contribution in [0.3, 0.4) is 0 Å². The summed E-state index contributed by atoms with van der Waals surface area (Å²) in [6.07, 6.45) is 9.39. The summed E-state index contributed by atoms with van der Waals surface area (Å²) in [5.41, 5.74) is 0.876. The van der Waals surface area contributed by atoms with Crippen LogP contribution in [0, 0.1) is 24.7 Å². The first-order valence-electron chi connectivity index (χ1n) is 8.62. The van der Waals surface area contributed by atoms with E-state index in [1.807, 2.05) is 13.0 Å². The molecule has 1 heterocycles. The second kappa shape index (κ2) is 8.25. The Morgan fingerprint density at radius 3 is 2.68 bits per heavy atom. The van der Waals surface area contributed by atoms with Crippen LogP contribution in [0.25, 0.3) is 0 Å². The van der Waals surface area contributed by atoms with Gasteiger partial charge < -0.3 is 5.32 Å². The van der Waals surface area contributed by atoms with Crippen LogP contribution in [-0.2, 0) is 11.3 Å². The van der Waals surface area contributed by atoms with Crippen molar-refractivity contribution in [2.75, 3.05) is 0 Å². The molecule has 0 spiro atoms. The van der Waals surface area contributed by atoms with Gasteiger partial charge in [0.2, 0.25) is 5.91 Å². The van der Waals surface area contributed by atoms with Crippen molar-refractivity contribution in [3.63, 3.8) is 0 Å². The first-order chi connectivity index (χ1) is 10.6. The van der Waals surface area contributed by atoms with Crippen LogP contribution in [0.4, 0.5) is 0 Å². The summed E-state index contributed by atoms with van der Waals surface area (Å²) < 4.78 is 0. The lowest BCUT2D eigenvalue weighted by molar-refractivity contribution is -0.127. The lowest BCUT2D eigenvalue weighted by Crippen LogP contribution is -2.35. The Labute approximate surface area is 134 Å². The highest BCUT2D eigenvalue weighted by molar-refractivity contribution is 5.78. The molecule has 1 amide bonds. The largest absolute Gasteiger partial charge is 0.350 e. The molecule has 0 unspecified atom stereocenters. The number of carbonyl (C=O) groups is 1. The highest BCUT2D eigenvalue weighted by Crippen LogP contribution is 2.31. The highest BCUT2D eigenvalue weighted by Gasteiger charge is 2.26. The molecule has 2 rings (SSSR count). The summed E-state index contributed by atoms with van der Waals surface area (Å²) in [5, 5.41) is 3.07. The predicted octanol–water partition coefficient (Wildman–Crippen LogP) is 3.64. The van der Waals surface area contributed by atoms with Gasteiger partial charge in [-0.2, -0.15) is 0 Å². The Morgan fingerprint density at radius 2 is 2.05 bits per heavy atom. The van der Waals surface area contributed by atoms with Gasteiger partial charge in [-0.3, -0.25) is 4.79 Å². The summed E-state index contributed by atoms with van der Waals surface area (Å²) in [6.45, 7) is 6.67. The number of carbonyl (C=O) groups excluding carboxylic acids is 1. The van der Waals surface area contributed by atoms with Gasteiger partial charge in [0.15, 0.2) is 0 Å². The Bertz CT molecular complexity index is 481. The number of aromatic nitrogens is 2. The van der Waals surface area contributed by atoms with Crippen molar-refractivity contribution in [3.05, 3.63) is 23.8 Å². The lowest BCUT2D eigenvalue weighted by Gasteiger charge is -2.28. The van der Waals surface area contributed by atoms with Crippen LogP contribution in [0.1, 0.15) is 63.9 Å². The molecule has 0 aromatic carbocycles. The number of hydrogen-bond acceptors (Lipinski definition) is 3. The van der Waals surface area contributed by atoms with E-state index in [1.165, 1.54) is 32.1 Å².